The second kappa shape index (κ2) is 7.02. The number of allylic oxidation sites excluding steroid dienone is 1. The van der Waals surface area contributed by atoms with Gasteiger partial charge in [-0.05, 0) is 61.9 Å². The zero-order chi connectivity index (χ0) is 19.1. The maximum Gasteiger partial charge on any atom is 0.152 e. The molecule has 1 unspecified atom stereocenters. The summed E-state index contributed by atoms with van der Waals surface area (Å²) in [6, 6.07) is 16.8. The third-order valence-corrected chi connectivity index (χ3v) is 6.16. The average molecular weight is 371 g/mol. The van der Waals surface area contributed by atoms with Gasteiger partial charge in [0.05, 0.1) is 17.2 Å². The van der Waals surface area contributed by atoms with E-state index in [1.54, 1.807) is 13.0 Å². The van der Waals surface area contributed by atoms with E-state index >= 15 is 0 Å². The van der Waals surface area contributed by atoms with Crippen LogP contribution in [0, 0.1) is 5.92 Å². The monoisotopic (exact) mass is 371 g/mol. The molecule has 3 aliphatic heterocycles. The summed E-state index contributed by atoms with van der Waals surface area (Å²) >= 11 is 0. The highest BCUT2D eigenvalue weighted by Gasteiger charge is 2.36. The minimum absolute atomic E-state index is 0.0590. The van der Waals surface area contributed by atoms with Crippen molar-refractivity contribution in [1.82, 2.24) is 14.5 Å². The number of para-hydroxylation sites is 2. The number of aromatic nitrogens is 2. The Morgan fingerprint density at radius 1 is 1.11 bits per heavy atom. The summed E-state index contributed by atoms with van der Waals surface area (Å²) in [7, 11) is 0. The molecule has 3 fully saturated rings. The maximum atomic E-state index is 11.3. The van der Waals surface area contributed by atoms with Crippen LogP contribution in [0.3, 0.4) is 0 Å². The van der Waals surface area contributed by atoms with Crippen LogP contribution < -0.4 is 0 Å². The van der Waals surface area contributed by atoms with Gasteiger partial charge < -0.3 is 4.57 Å². The molecule has 2 bridgehead atoms. The summed E-state index contributed by atoms with van der Waals surface area (Å²) < 4.78 is 2.45. The highest BCUT2D eigenvalue weighted by Crippen LogP contribution is 2.41. The molecule has 3 aliphatic rings. The molecule has 28 heavy (non-hydrogen) atoms. The first-order valence-corrected chi connectivity index (χ1v) is 10.2. The Balaban J connectivity index is 1.64. The molecule has 4 nitrogen and oxygen atoms in total. The van der Waals surface area contributed by atoms with Crippen LogP contribution in [0.2, 0.25) is 0 Å². The van der Waals surface area contributed by atoms with Crippen molar-refractivity contribution in [3.05, 3.63) is 60.2 Å². The van der Waals surface area contributed by atoms with Crippen molar-refractivity contribution < 1.29 is 4.79 Å². The number of imidazole rings is 1. The van der Waals surface area contributed by atoms with Crippen LogP contribution in [0.25, 0.3) is 28.5 Å². The topological polar surface area (TPSA) is 38.1 Å². The third-order valence-electron chi connectivity index (χ3n) is 6.16. The maximum absolute atomic E-state index is 11.3. The highest BCUT2D eigenvalue weighted by atomic mass is 16.1. The smallest absolute Gasteiger partial charge is 0.152 e. The first-order chi connectivity index (χ1) is 13.7. The largest absolute Gasteiger partial charge is 0.307 e. The minimum atomic E-state index is 0.0590. The van der Waals surface area contributed by atoms with Crippen molar-refractivity contribution in [2.24, 2.45) is 5.92 Å². The Bertz CT molecular complexity index is 1060. The zero-order valence-electron chi connectivity index (χ0n) is 16.2. The van der Waals surface area contributed by atoms with Gasteiger partial charge in [-0.2, -0.15) is 0 Å². The minimum Gasteiger partial charge on any atom is -0.307 e. The fourth-order valence-corrected chi connectivity index (χ4v) is 4.75. The van der Waals surface area contributed by atoms with Crippen molar-refractivity contribution in [1.29, 1.82) is 0 Å². The van der Waals surface area contributed by atoms with Crippen LogP contribution in [0.15, 0.2) is 54.6 Å². The lowest BCUT2D eigenvalue weighted by atomic mass is 9.86. The van der Waals surface area contributed by atoms with E-state index in [1.807, 2.05) is 18.2 Å². The number of hydrogen-bond donors (Lipinski definition) is 0. The Morgan fingerprint density at radius 3 is 2.68 bits per heavy atom. The first kappa shape index (κ1) is 17.4. The summed E-state index contributed by atoms with van der Waals surface area (Å²) in [5.74, 6) is 1.91. The molecule has 142 valence electrons. The third kappa shape index (κ3) is 3.08. The number of carbonyl (C=O) groups is 1. The summed E-state index contributed by atoms with van der Waals surface area (Å²) in [6.45, 7) is 3.94. The number of fused-ring (bicyclic) bond motifs is 4. The number of rotatable bonds is 4. The molecule has 0 saturated carbocycles. The molecule has 0 amide bonds. The number of ketones is 1. The second-order valence-electron chi connectivity index (χ2n) is 8.06. The van der Waals surface area contributed by atoms with Crippen LogP contribution in [-0.4, -0.2) is 33.3 Å². The molecular weight excluding hydrogens is 346 g/mol. The van der Waals surface area contributed by atoms with Gasteiger partial charge in [-0.1, -0.05) is 36.4 Å². The lowest BCUT2D eigenvalue weighted by molar-refractivity contribution is -0.112. The first-order valence-electron chi connectivity index (χ1n) is 10.2. The van der Waals surface area contributed by atoms with Gasteiger partial charge in [-0.3, -0.25) is 9.69 Å². The van der Waals surface area contributed by atoms with Crippen LogP contribution >= 0.6 is 0 Å². The van der Waals surface area contributed by atoms with E-state index in [0.29, 0.717) is 6.17 Å². The quantitative estimate of drug-likeness (QED) is 0.611. The summed E-state index contributed by atoms with van der Waals surface area (Å²) in [6.07, 6.45) is 7.73. The molecule has 4 heteroatoms. The molecule has 3 aromatic rings. The van der Waals surface area contributed by atoms with Crippen molar-refractivity contribution in [3.8, 4) is 11.4 Å². The number of hydrogen-bond acceptors (Lipinski definition) is 3. The van der Waals surface area contributed by atoms with E-state index in [4.69, 9.17) is 4.98 Å². The van der Waals surface area contributed by atoms with Crippen LogP contribution in [0.1, 0.15) is 37.9 Å². The van der Waals surface area contributed by atoms with E-state index in [1.165, 1.54) is 37.9 Å². The zero-order valence-corrected chi connectivity index (χ0v) is 16.2. The molecule has 0 aliphatic carbocycles. The van der Waals surface area contributed by atoms with Gasteiger partial charge in [0.15, 0.2) is 5.78 Å². The molecule has 6 rings (SSSR count). The van der Waals surface area contributed by atoms with Crippen molar-refractivity contribution in [2.45, 2.75) is 32.4 Å². The molecule has 0 N–H and O–H groups in total. The summed E-state index contributed by atoms with van der Waals surface area (Å²) in [4.78, 5) is 19.0. The van der Waals surface area contributed by atoms with E-state index in [-0.39, 0.29) is 5.78 Å². The fraction of sp³-hybridized carbons (Fsp3) is 0.333. The Hall–Kier alpha value is -2.72. The second-order valence-corrected chi connectivity index (χ2v) is 8.06. The van der Waals surface area contributed by atoms with Crippen molar-refractivity contribution >= 4 is 22.9 Å². The fourth-order valence-electron chi connectivity index (χ4n) is 4.75. The highest BCUT2D eigenvalue weighted by molar-refractivity contribution is 5.91. The standard InChI is InChI=1S/C24H25N3O/c1-17(28)9-10-18-5-4-6-20(15-18)24-25-21-7-2-3-8-22(21)27(24)23-16-19-11-13-26(23)14-12-19/h2-10,15,19,23H,11-14,16H2,1H3/b10-9+. The predicted molar refractivity (Wildman–Crippen MR) is 113 cm³/mol. The molecule has 4 heterocycles. The Kier molecular flexibility index (Phi) is 4.36. The molecule has 2 aromatic carbocycles. The summed E-state index contributed by atoms with van der Waals surface area (Å²) in [5.41, 5.74) is 4.38. The van der Waals surface area contributed by atoms with E-state index in [2.05, 4.69) is 45.9 Å². The molecule has 1 aromatic heterocycles. The van der Waals surface area contributed by atoms with Crippen molar-refractivity contribution in [2.75, 3.05) is 13.1 Å². The normalized spacial score (nSPS) is 24.2. The van der Waals surface area contributed by atoms with E-state index < -0.39 is 0 Å². The van der Waals surface area contributed by atoms with Gasteiger partial charge in [0.1, 0.15) is 5.82 Å². The van der Waals surface area contributed by atoms with Gasteiger partial charge in [-0.25, -0.2) is 4.98 Å². The van der Waals surface area contributed by atoms with Gasteiger partial charge in [0.2, 0.25) is 0 Å². The SMILES string of the molecule is CC(=O)/C=C/c1cccc(-c2nc3ccccc3n2C2CC3CCN2CC3)c1. The van der Waals surface area contributed by atoms with E-state index in [0.717, 1.165) is 28.4 Å². The number of benzene rings is 2. The van der Waals surface area contributed by atoms with Crippen LogP contribution in [-0.2, 0) is 4.79 Å². The van der Waals surface area contributed by atoms with Gasteiger partial charge in [-0.15, -0.1) is 0 Å². The predicted octanol–water partition coefficient (Wildman–Crippen LogP) is 4.92. The molecule has 0 spiro atoms. The molecular formula is C24H25N3O. The average Bonchev–Trinajstić information content (AvgIpc) is 3.13. The molecule has 1 atom stereocenters. The van der Waals surface area contributed by atoms with Gasteiger partial charge in [0, 0.05) is 18.7 Å². The molecule has 3 saturated heterocycles. The number of carbonyl (C=O) groups excluding carboxylic acids is 1. The van der Waals surface area contributed by atoms with E-state index in [9.17, 15) is 4.79 Å². The Labute approximate surface area is 165 Å². The van der Waals surface area contributed by atoms with Gasteiger partial charge in [0.25, 0.3) is 0 Å². The lowest BCUT2D eigenvalue weighted by Crippen LogP contribution is -2.46. The molecule has 0 radical (unpaired) electrons. The van der Waals surface area contributed by atoms with Crippen LogP contribution in [0.5, 0.6) is 0 Å². The number of nitrogens with zero attached hydrogens (tertiary/aromatic N) is 3. The lowest BCUT2D eigenvalue weighted by Gasteiger charge is -2.46. The Morgan fingerprint density at radius 2 is 1.93 bits per heavy atom. The van der Waals surface area contributed by atoms with Gasteiger partial charge >= 0.3 is 0 Å². The van der Waals surface area contributed by atoms with Crippen molar-refractivity contribution in [3.63, 3.8) is 0 Å². The van der Waals surface area contributed by atoms with Crippen LogP contribution in [0.4, 0.5) is 0 Å². The summed E-state index contributed by atoms with van der Waals surface area (Å²) in [5, 5.41) is 0. The number of piperidine rings is 3.